The highest BCUT2D eigenvalue weighted by atomic mass is 32.2. The highest BCUT2D eigenvalue weighted by molar-refractivity contribution is 7.93. The topological polar surface area (TPSA) is 80.3 Å². The number of methoxy groups -OCH3 is 5. The number of hydrogen-bond acceptors (Lipinski definition) is 7. The van der Waals surface area contributed by atoms with Crippen LogP contribution in [0.1, 0.15) is 11.1 Å². The van der Waals surface area contributed by atoms with Gasteiger partial charge >= 0.3 is 0 Å². The molecule has 0 saturated carbocycles. The molecular formula is C20H24O7S. The number of benzene rings is 2. The summed E-state index contributed by atoms with van der Waals surface area (Å²) >= 11 is 0. The van der Waals surface area contributed by atoms with Gasteiger partial charge in [0.2, 0.25) is 5.75 Å². The molecule has 0 spiro atoms. The highest BCUT2D eigenvalue weighted by Gasteiger charge is 2.20. The minimum absolute atomic E-state index is 0.273. The summed E-state index contributed by atoms with van der Waals surface area (Å²) in [6.07, 6.45) is 1.46. The fourth-order valence-electron chi connectivity index (χ4n) is 2.76. The summed E-state index contributed by atoms with van der Waals surface area (Å²) < 4.78 is 51.9. The molecule has 152 valence electrons. The van der Waals surface area contributed by atoms with Crippen molar-refractivity contribution in [1.29, 1.82) is 0 Å². The lowest BCUT2D eigenvalue weighted by molar-refractivity contribution is 0.323. The molecule has 0 bridgehead atoms. The fourth-order valence-corrected chi connectivity index (χ4v) is 3.86. The third kappa shape index (κ3) is 4.69. The van der Waals surface area contributed by atoms with E-state index in [1.54, 1.807) is 30.3 Å². The molecule has 0 unspecified atom stereocenters. The van der Waals surface area contributed by atoms with Crippen molar-refractivity contribution in [3.63, 3.8) is 0 Å². The number of rotatable bonds is 9. The van der Waals surface area contributed by atoms with Gasteiger partial charge in [-0.1, -0.05) is 12.1 Å². The lowest BCUT2D eigenvalue weighted by atomic mass is 10.2. The smallest absolute Gasteiger partial charge is 0.203 e. The van der Waals surface area contributed by atoms with Crippen LogP contribution >= 0.6 is 0 Å². The van der Waals surface area contributed by atoms with Crippen LogP contribution in [0.2, 0.25) is 0 Å². The Bertz CT molecular complexity index is 927. The zero-order valence-electron chi connectivity index (χ0n) is 16.5. The minimum Gasteiger partial charge on any atom is -0.496 e. The fraction of sp³-hybridized carbons (Fsp3) is 0.300. The molecule has 0 atom stereocenters. The first kappa shape index (κ1) is 21.4. The molecule has 0 heterocycles. The largest absolute Gasteiger partial charge is 0.496 e. The monoisotopic (exact) mass is 408 g/mol. The van der Waals surface area contributed by atoms with E-state index in [1.807, 2.05) is 0 Å². The Morgan fingerprint density at radius 2 is 1.32 bits per heavy atom. The summed E-state index contributed by atoms with van der Waals surface area (Å²) in [5.74, 6) is 1.85. The zero-order chi connectivity index (χ0) is 20.7. The third-order valence-corrected chi connectivity index (χ3v) is 5.31. The standard InChI is InChI=1S/C20H24O7S/c1-23-16-7-6-8-17(24-2)15(16)11-12-28(21,22)13-14-9-10-18(25-3)20(27-5)19(14)26-4/h6-12H,13H2,1-5H3/b12-11+. The van der Waals surface area contributed by atoms with Crippen LogP contribution in [0, 0.1) is 0 Å². The normalized spacial score (nSPS) is 11.3. The first-order valence-corrected chi connectivity index (χ1v) is 10.0. The SMILES string of the molecule is COc1cccc(OC)c1/C=C/S(=O)(=O)Cc1ccc(OC)c(OC)c1OC. The maximum Gasteiger partial charge on any atom is 0.203 e. The van der Waals surface area contributed by atoms with Gasteiger partial charge in [-0.05, 0) is 24.3 Å². The predicted molar refractivity (Wildman–Crippen MR) is 107 cm³/mol. The average molecular weight is 408 g/mol. The molecular weight excluding hydrogens is 384 g/mol. The van der Waals surface area contributed by atoms with Crippen molar-refractivity contribution in [2.75, 3.05) is 35.5 Å². The van der Waals surface area contributed by atoms with E-state index >= 15 is 0 Å². The van der Waals surface area contributed by atoms with E-state index in [0.717, 1.165) is 5.41 Å². The Morgan fingerprint density at radius 1 is 0.750 bits per heavy atom. The second-order valence-corrected chi connectivity index (χ2v) is 7.57. The van der Waals surface area contributed by atoms with E-state index in [-0.39, 0.29) is 5.75 Å². The molecule has 7 nitrogen and oxygen atoms in total. The first-order chi connectivity index (χ1) is 13.4. The van der Waals surface area contributed by atoms with Gasteiger partial charge < -0.3 is 23.7 Å². The molecule has 0 aliphatic heterocycles. The summed E-state index contributed by atoms with van der Waals surface area (Å²) in [5, 5.41) is 1.13. The van der Waals surface area contributed by atoms with Crippen LogP contribution in [-0.4, -0.2) is 44.0 Å². The van der Waals surface area contributed by atoms with E-state index in [4.69, 9.17) is 23.7 Å². The van der Waals surface area contributed by atoms with E-state index in [0.29, 0.717) is 39.9 Å². The van der Waals surface area contributed by atoms with Crippen molar-refractivity contribution in [2.45, 2.75) is 5.75 Å². The van der Waals surface area contributed by atoms with Gasteiger partial charge in [-0.2, -0.15) is 0 Å². The van der Waals surface area contributed by atoms with Crippen molar-refractivity contribution >= 4 is 15.9 Å². The number of sulfone groups is 1. The second kappa shape index (κ2) is 9.36. The second-order valence-electron chi connectivity index (χ2n) is 5.68. The van der Waals surface area contributed by atoms with Crippen molar-refractivity contribution < 1.29 is 32.1 Å². The van der Waals surface area contributed by atoms with Gasteiger partial charge in [0.15, 0.2) is 21.3 Å². The van der Waals surface area contributed by atoms with Crippen LogP contribution in [0.3, 0.4) is 0 Å². The van der Waals surface area contributed by atoms with E-state index in [9.17, 15) is 8.42 Å². The molecule has 0 N–H and O–H groups in total. The molecule has 2 rings (SSSR count). The summed E-state index contributed by atoms with van der Waals surface area (Å²) in [6, 6.07) is 8.49. The molecule has 8 heteroatoms. The van der Waals surface area contributed by atoms with Gasteiger partial charge in [0.25, 0.3) is 0 Å². The van der Waals surface area contributed by atoms with Crippen LogP contribution in [0.5, 0.6) is 28.7 Å². The molecule has 0 aromatic heterocycles. The predicted octanol–water partition coefficient (Wildman–Crippen LogP) is 3.32. The van der Waals surface area contributed by atoms with Crippen LogP contribution < -0.4 is 23.7 Å². The number of hydrogen-bond donors (Lipinski definition) is 0. The Balaban J connectivity index is 2.39. The van der Waals surface area contributed by atoms with Crippen LogP contribution in [0.4, 0.5) is 0 Å². The summed E-state index contributed by atoms with van der Waals surface area (Å²) in [6.45, 7) is 0. The van der Waals surface area contributed by atoms with Crippen molar-refractivity contribution in [3.8, 4) is 28.7 Å². The summed E-state index contributed by atoms with van der Waals surface area (Å²) in [4.78, 5) is 0. The van der Waals surface area contributed by atoms with Crippen LogP contribution in [0.15, 0.2) is 35.7 Å². The lowest BCUT2D eigenvalue weighted by Crippen LogP contribution is -2.04. The molecule has 2 aromatic carbocycles. The van der Waals surface area contributed by atoms with Gasteiger partial charge in [-0.15, -0.1) is 0 Å². The molecule has 0 radical (unpaired) electrons. The Kier molecular flexibility index (Phi) is 7.17. The average Bonchev–Trinajstić information content (AvgIpc) is 2.71. The van der Waals surface area contributed by atoms with E-state index < -0.39 is 9.84 Å². The maximum atomic E-state index is 12.7. The lowest BCUT2D eigenvalue weighted by Gasteiger charge is -2.15. The van der Waals surface area contributed by atoms with E-state index in [2.05, 4.69) is 0 Å². The molecule has 0 aliphatic carbocycles. The van der Waals surface area contributed by atoms with Gasteiger partial charge in [-0.25, -0.2) is 8.42 Å². The first-order valence-electron chi connectivity index (χ1n) is 8.30. The molecule has 0 saturated heterocycles. The van der Waals surface area contributed by atoms with Crippen molar-refractivity contribution in [1.82, 2.24) is 0 Å². The summed E-state index contributed by atoms with van der Waals surface area (Å²) in [5.41, 5.74) is 0.993. The van der Waals surface area contributed by atoms with Crippen molar-refractivity contribution in [3.05, 3.63) is 46.9 Å². The van der Waals surface area contributed by atoms with Crippen LogP contribution in [-0.2, 0) is 15.6 Å². The van der Waals surface area contributed by atoms with Gasteiger partial charge in [0.05, 0.1) is 46.9 Å². The Hall–Kier alpha value is -2.87. The Labute approximate surface area is 165 Å². The van der Waals surface area contributed by atoms with Gasteiger partial charge in [-0.3, -0.25) is 0 Å². The summed E-state index contributed by atoms with van der Waals surface area (Å²) in [7, 11) is 3.80. The van der Waals surface area contributed by atoms with Crippen LogP contribution in [0.25, 0.3) is 6.08 Å². The molecule has 0 fully saturated rings. The van der Waals surface area contributed by atoms with E-state index in [1.165, 1.54) is 41.6 Å². The van der Waals surface area contributed by atoms with Crippen molar-refractivity contribution in [2.24, 2.45) is 0 Å². The molecule has 0 aliphatic rings. The Morgan fingerprint density at radius 3 is 1.82 bits per heavy atom. The minimum atomic E-state index is -3.63. The highest BCUT2D eigenvalue weighted by Crippen LogP contribution is 2.40. The maximum absolute atomic E-state index is 12.7. The molecule has 2 aromatic rings. The van der Waals surface area contributed by atoms with Gasteiger partial charge in [0, 0.05) is 11.0 Å². The van der Waals surface area contributed by atoms with Gasteiger partial charge in [0.1, 0.15) is 11.5 Å². The zero-order valence-corrected chi connectivity index (χ0v) is 17.3. The third-order valence-electron chi connectivity index (χ3n) is 4.05. The number of ether oxygens (including phenoxy) is 5. The quantitative estimate of drug-likeness (QED) is 0.630. The molecule has 28 heavy (non-hydrogen) atoms. The molecule has 0 amide bonds.